The summed E-state index contributed by atoms with van der Waals surface area (Å²) in [5.74, 6) is -0.392. The van der Waals surface area contributed by atoms with Gasteiger partial charge in [0.05, 0.1) is 11.5 Å². The van der Waals surface area contributed by atoms with Gasteiger partial charge in [0.25, 0.3) is 11.1 Å². The van der Waals surface area contributed by atoms with Crippen molar-refractivity contribution in [3.05, 3.63) is 70.1 Å². The summed E-state index contributed by atoms with van der Waals surface area (Å²) in [6.45, 7) is 3.99. The monoisotopic (exact) mass is 411 g/mol. The number of rotatable bonds is 7. The first-order valence-electron chi connectivity index (χ1n) is 9.15. The summed E-state index contributed by atoms with van der Waals surface area (Å²) in [5, 5.41) is -0.479. The van der Waals surface area contributed by atoms with E-state index in [1.54, 1.807) is 13.0 Å². The molecule has 0 radical (unpaired) electrons. The van der Waals surface area contributed by atoms with Crippen LogP contribution in [0.25, 0.3) is 6.08 Å². The number of imide groups is 1. The molecule has 3 rings (SSSR count). The number of thioether (sulfide) groups is 1. The van der Waals surface area contributed by atoms with E-state index in [0.29, 0.717) is 12.4 Å². The molecule has 0 aromatic heterocycles. The zero-order valence-corrected chi connectivity index (χ0v) is 17.0. The van der Waals surface area contributed by atoms with Crippen molar-refractivity contribution in [2.45, 2.75) is 20.5 Å². The maximum Gasteiger partial charge on any atom is 0.326 e. The Kier molecular flexibility index (Phi) is 6.72. The van der Waals surface area contributed by atoms with Gasteiger partial charge in [0.1, 0.15) is 18.9 Å². The van der Waals surface area contributed by atoms with E-state index in [1.807, 2.05) is 55.5 Å². The van der Waals surface area contributed by atoms with Crippen molar-refractivity contribution in [2.75, 3.05) is 13.2 Å². The molecule has 2 aromatic rings. The van der Waals surface area contributed by atoms with Crippen molar-refractivity contribution in [3.63, 3.8) is 0 Å². The van der Waals surface area contributed by atoms with Gasteiger partial charge in [-0.15, -0.1) is 0 Å². The third-order valence-corrected chi connectivity index (χ3v) is 5.08. The second kappa shape index (κ2) is 9.43. The summed E-state index contributed by atoms with van der Waals surface area (Å²) < 4.78 is 10.6. The van der Waals surface area contributed by atoms with Crippen molar-refractivity contribution in [1.82, 2.24) is 4.90 Å². The predicted octanol–water partition coefficient (Wildman–Crippen LogP) is 4.17. The van der Waals surface area contributed by atoms with E-state index >= 15 is 0 Å². The number of amides is 2. The molecular formula is C22H21NO5S. The molecule has 0 N–H and O–H groups in total. The van der Waals surface area contributed by atoms with E-state index in [9.17, 15) is 14.4 Å². The summed E-state index contributed by atoms with van der Waals surface area (Å²) >= 11 is 0.809. The maximum atomic E-state index is 12.4. The summed E-state index contributed by atoms with van der Waals surface area (Å²) in [7, 11) is 0. The van der Waals surface area contributed by atoms with Gasteiger partial charge in [-0.05, 0) is 54.9 Å². The van der Waals surface area contributed by atoms with Crippen LogP contribution in [0.2, 0.25) is 0 Å². The Hall–Kier alpha value is -3.06. The average Bonchev–Trinajstić information content (AvgIpc) is 2.96. The summed E-state index contributed by atoms with van der Waals surface area (Å²) in [6, 6.07) is 15.4. The Bertz CT molecular complexity index is 935. The number of ether oxygens (including phenoxy) is 2. The minimum absolute atomic E-state index is 0.198. The van der Waals surface area contributed by atoms with E-state index in [2.05, 4.69) is 0 Å². The van der Waals surface area contributed by atoms with Crippen LogP contribution in [0.5, 0.6) is 5.75 Å². The molecule has 2 amide bonds. The van der Waals surface area contributed by atoms with Crippen LogP contribution in [0, 0.1) is 6.92 Å². The van der Waals surface area contributed by atoms with E-state index in [0.717, 1.165) is 27.8 Å². The standard InChI is InChI=1S/C22H21NO5S/c1-3-27-20(24)13-23-21(25)19(29-22(23)26)12-16-8-10-18(11-9-16)28-14-17-6-4-15(2)5-7-17/h4-12H,3,13-14H2,1-2H3/b19-12+. The number of esters is 1. The van der Waals surface area contributed by atoms with Crippen molar-refractivity contribution in [3.8, 4) is 5.75 Å². The van der Waals surface area contributed by atoms with Crippen LogP contribution < -0.4 is 4.74 Å². The first-order chi connectivity index (χ1) is 14.0. The first-order valence-corrected chi connectivity index (χ1v) is 9.97. The third-order valence-electron chi connectivity index (χ3n) is 4.17. The molecule has 6 nitrogen and oxygen atoms in total. The smallest absolute Gasteiger partial charge is 0.326 e. The molecule has 150 valence electrons. The molecule has 0 aliphatic carbocycles. The normalized spacial score (nSPS) is 15.1. The maximum absolute atomic E-state index is 12.4. The molecule has 1 aliphatic heterocycles. The predicted molar refractivity (Wildman–Crippen MR) is 111 cm³/mol. The summed E-state index contributed by atoms with van der Waals surface area (Å²) in [4.78, 5) is 37.1. The SMILES string of the molecule is CCOC(=O)CN1C(=O)S/C(=C/c2ccc(OCc3ccc(C)cc3)cc2)C1=O. The van der Waals surface area contributed by atoms with Gasteiger partial charge in [0.2, 0.25) is 0 Å². The van der Waals surface area contributed by atoms with Crippen LogP contribution in [0.15, 0.2) is 53.4 Å². The number of hydrogen-bond acceptors (Lipinski definition) is 6. The highest BCUT2D eigenvalue weighted by molar-refractivity contribution is 8.18. The van der Waals surface area contributed by atoms with Crippen molar-refractivity contribution in [1.29, 1.82) is 0 Å². The number of aryl methyl sites for hydroxylation is 1. The molecule has 0 bridgehead atoms. The molecule has 29 heavy (non-hydrogen) atoms. The van der Waals surface area contributed by atoms with Crippen LogP contribution >= 0.6 is 11.8 Å². The van der Waals surface area contributed by atoms with E-state index in [1.165, 1.54) is 5.56 Å². The van der Waals surface area contributed by atoms with Crippen molar-refractivity contribution < 1.29 is 23.9 Å². The molecule has 0 unspecified atom stereocenters. The van der Waals surface area contributed by atoms with E-state index in [-0.39, 0.29) is 18.1 Å². The first kappa shape index (κ1) is 20.7. The molecule has 1 aliphatic rings. The van der Waals surface area contributed by atoms with Gasteiger partial charge >= 0.3 is 5.97 Å². The molecule has 1 fully saturated rings. The molecule has 1 heterocycles. The Labute approximate surface area is 173 Å². The van der Waals surface area contributed by atoms with Gasteiger partial charge in [0.15, 0.2) is 0 Å². The fraction of sp³-hybridized carbons (Fsp3) is 0.227. The number of hydrogen-bond donors (Lipinski definition) is 0. The van der Waals surface area contributed by atoms with Crippen LogP contribution in [-0.2, 0) is 20.9 Å². The topological polar surface area (TPSA) is 72.9 Å². The second-order valence-corrected chi connectivity index (χ2v) is 7.41. The Balaban J connectivity index is 1.61. The van der Waals surface area contributed by atoms with Gasteiger partial charge in [0, 0.05) is 0 Å². The lowest BCUT2D eigenvalue weighted by Gasteiger charge is -2.10. The van der Waals surface area contributed by atoms with Crippen molar-refractivity contribution in [2.24, 2.45) is 0 Å². The quantitative estimate of drug-likeness (QED) is 0.503. The molecule has 7 heteroatoms. The van der Waals surface area contributed by atoms with Gasteiger partial charge in [-0.1, -0.05) is 42.0 Å². The molecule has 0 saturated carbocycles. The third kappa shape index (κ3) is 5.48. The minimum atomic E-state index is -0.605. The lowest BCUT2D eigenvalue weighted by atomic mass is 10.1. The van der Waals surface area contributed by atoms with Crippen LogP contribution in [0.4, 0.5) is 4.79 Å². The number of benzene rings is 2. The lowest BCUT2D eigenvalue weighted by Crippen LogP contribution is -2.34. The zero-order chi connectivity index (χ0) is 20.8. The fourth-order valence-electron chi connectivity index (χ4n) is 2.63. The minimum Gasteiger partial charge on any atom is -0.489 e. The summed E-state index contributed by atoms with van der Waals surface area (Å²) in [6.07, 6.45) is 1.62. The van der Waals surface area contributed by atoms with Crippen LogP contribution in [0.3, 0.4) is 0 Å². The van der Waals surface area contributed by atoms with Gasteiger partial charge in [-0.2, -0.15) is 0 Å². The van der Waals surface area contributed by atoms with Crippen LogP contribution in [-0.4, -0.2) is 35.2 Å². The van der Waals surface area contributed by atoms with Gasteiger partial charge in [-0.3, -0.25) is 19.3 Å². The second-order valence-electron chi connectivity index (χ2n) is 6.42. The molecule has 0 atom stereocenters. The lowest BCUT2D eigenvalue weighted by molar-refractivity contribution is -0.145. The highest BCUT2D eigenvalue weighted by atomic mass is 32.2. The van der Waals surface area contributed by atoms with E-state index < -0.39 is 17.1 Å². The average molecular weight is 411 g/mol. The Morgan fingerprint density at radius 1 is 1.07 bits per heavy atom. The van der Waals surface area contributed by atoms with Crippen LogP contribution in [0.1, 0.15) is 23.6 Å². The summed E-state index contributed by atoms with van der Waals surface area (Å²) in [5.41, 5.74) is 3.04. The van der Waals surface area contributed by atoms with Crippen molar-refractivity contribution >= 4 is 35.0 Å². The fourth-order valence-corrected chi connectivity index (χ4v) is 3.47. The zero-order valence-electron chi connectivity index (χ0n) is 16.2. The highest BCUT2D eigenvalue weighted by Crippen LogP contribution is 2.32. The molecular weight excluding hydrogens is 390 g/mol. The molecule has 1 saturated heterocycles. The Morgan fingerprint density at radius 3 is 2.41 bits per heavy atom. The number of carbonyl (C=O) groups excluding carboxylic acids is 3. The van der Waals surface area contributed by atoms with Gasteiger partial charge < -0.3 is 9.47 Å². The highest BCUT2D eigenvalue weighted by Gasteiger charge is 2.36. The Morgan fingerprint density at radius 2 is 1.76 bits per heavy atom. The number of nitrogens with zero attached hydrogens (tertiary/aromatic N) is 1. The van der Waals surface area contributed by atoms with Gasteiger partial charge in [-0.25, -0.2) is 0 Å². The largest absolute Gasteiger partial charge is 0.489 e. The number of carbonyl (C=O) groups is 3. The van der Waals surface area contributed by atoms with E-state index in [4.69, 9.17) is 9.47 Å². The molecule has 2 aromatic carbocycles. The molecule has 0 spiro atoms.